The van der Waals surface area contributed by atoms with Crippen LogP contribution in [0.1, 0.15) is 0 Å². The van der Waals surface area contributed by atoms with E-state index in [4.69, 9.17) is 17.3 Å². The van der Waals surface area contributed by atoms with Gasteiger partial charge in [0.2, 0.25) is 0 Å². The van der Waals surface area contributed by atoms with Crippen LogP contribution in [-0.4, -0.2) is 10.3 Å². The highest BCUT2D eigenvalue weighted by Crippen LogP contribution is 2.29. The SMILES string of the molecule is Nc1ccc(Nc2cc(F)cc(Cl)c2)c2nonc12. The Morgan fingerprint density at radius 3 is 2.74 bits per heavy atom. The first-order chi connectivity index (χ1) is 9.13. The molecule has 5 nitrogen and oxygen atoms in total. The van der Waals surface area contributed by atoms with E-state index in [0.29, 0.717) is 33.1 Å². The van der Waals surface area contributed by atoms with E-state index in [1.807, 2.05) is 0 Å². The van der Waals surface area contributed by atoms with Gasteiger partial charge in [-0.05, 0) is 40.6 Å². The lowest BCUT2D eigenvalue weighted by molar-refractivity contribution is 0.316. The monoisotopic (exact) mass is 278 g/mol. The number of rotatable bonds is 2. The molecule has 0 aliphatic heterocycles. The molecule has 19 heavy (non-hydrogen) atoms. The second kappa shape index (κ2) is 4.40. The van der Waals surface area contributed by atoms with E-state index in [2.05, 4.69) is 20.3 Å². The zero-order valence-corrected chi connectivity index (χ0v) is 10.3. The van der Waals surface area contributed by atoms with Gasteiger partial charge in [0.1, 0.15) is 5.82 Å². The standard InChI is InChI=1S/C12H8ClFN4O/c13-6-3-7(14)5-8(4-6)16-10-2-1-9(15)11-12(10)18-19-17-11/h1-5,16H,15H2. The summed E-state index contributed by atoms with van der Waals surface area (Å²) in [5, 5.41) is 10.8. The van der Waals surface area contributed by atoms with Crippen molar-refractivity contribution in [1.29, 1.82) is 0 Å². The number of halogens is 2. The van der Waals surface area contributed by atoms with Gasteiger partial charge in [-0.25, -0.2) is 9.02 Å². The fraction of sp³-hybridized carbons (Fsp3) is 0. The van der Waals surface area contributed by atoms with Crippen LogP contribution in [0, 0.1) is 5.82 Å². The van der Waals surface area contributed by atoms with Crippen LogP contribution < -0.4 is 11.1 Å². The molecule has 0 aliphatic carbocycles. The molecule has 3 N–H and O–H groups in total. The zero-order valence-electron chi connectivity index (χ0n) is 9.52. The Morgan fingerprint density at radius 2 is 1.95 bits per heavy atom. The molecule has 1 heterocycles. The van der Waals surface area contributed by atoms with Gasteiger partial charge in [-0.1, -0.05) is 11.6 Å². The van der Waals surface area contributed by atoms with Crippen LogP contribution in [0.2, 0.25) is 5.02 Å². The number of hydrogen-bond donors (Lipinski definition) is 2. The van der Waals surface area contributed by atoms with Gasteiger partial charge >= 0.3 is 0 Å². The Bertz CT molecular complexity index is 738. The number of anilines is 3. The topological polar surface area (TPSA) is 77.0 Å². The van der Waals surface area contributed by atoms with Crippen molar-refractivity contribution in [3.63, 3.8) is 0 Å². The van der Waals surface area contributed by atoms with Crippen molar-refractivity contribution in [2.24, 2.45) is 0 Å². The van der Waals surface area contributed by atoms with Crippen molar-refractivity contribution < 1.29 is 9.02 Å². The molecular weight excluding hydrogens is 271 g/mol. The molecule has 7 heteroatoms. The van der Waals surface area contributed by atoms with Gasteiger partial charge in [0.25, 0.3) is 0 Å². The van der Waals surface area contributed by atoms with Gasteiger partial charge in [0, 0.05) is 10.7 Å². The van der Waals surface area contributed by atoms with Crippen LogP contribution in [0.4, 0.5) is 21.5 Å². The predicted octanol–water partition coefficient (Wildman–Crippen LogP) is 3.34. The summed E-state index contributed by atoms with van der Waals surface area (Å²) >= 11 is 5.79. The van der Waals surface area contributed by atoms with E-state index in [9.17, 15) is 4.39 Å². The van der Waals surface area contributed by atoms with Crippen molar-refractivity contribution in [3.05, 3.63) is 41.2 Å². The second-order valence-electron chi connectivity index (χ2n) is 3.95. The molecule has 96 valence electrons. The van der Waals surface area contributed by atoms with E-state index in [1.165, 1.54) is 12.1 Å². The van der Waals surface area contributed by atoms with Crippen molar-refractivity contribution in [1.82, 2.24) is 10.3 Å². The van der Waals surface area contributed by atoms with Crippen molar-refractivity contribution in [2.45, 2.75) is 0 Å². The Kier molecular flexibility index (Phi) is 2.72. The van der Waals surface area contributed by atoms with Crippen LogP contribution in [0.5, 0.6) is 0 Å². The summed E-state index contributed by atoms with van der Waals surface area (Å²) in [4.78, 5) is 0. The van der Waals surface area contributed by atoms with E-state index in [0.717, 1.165) is 0 Å². The molecule has 2 aromatic carbocycles. The van der Waals surface area contributed by atoms with Gasteiger partial charge < -0.3 is 11.1 Å². The minimum absolute atomic E-state index is 0.299. The fourth-order valence-corrected chi connectivity index (χ4v) is 1.99. The first-order valence-corrected chi connectivity index (χ1v) is 5.75. The van der Waals surface area contributed by atoms with Crippen LogP contribution in [0.3, 0.4) is 0 Å². The molecule has 3 aromatic rings. The first-order valence-electron chi connectivity index (χ1n) is 5.37. The summed E-state index contributed by atoms with van der Waals surface area (Å²) in [6.07, 6.45) is 0. The van der Waals surface area contributed by atoms with Crippen molar-refractivity contribution >= 4 is 39.7 Å². The maximum Gasteiger partial charge on any atom is 0.160 e. The molecule has 0 amide bonds. The fourth-order valence-electron chi connectivity index (χ4n) is 1.77. The number of nitrogens with two attached hydrogens (primary N) is 1. The normalized spacial score (nSPS) is 10.8. The summed E-state index contributed by atoms with van der Waals surface area (Å²) in [6, 6.07) is 7.52. The average molecular weight is 279 g/mol. The minimum Gasteiger partial charge on any atom is -0.397 e. The Hall–Kier alpha value is -2.34. The molecule has 0 radical (unpaired) electrons. The lowest BCUT2D eigenvalue weighted by atomic mass is 10.2. The molecule has 0 spiro atoms. The van der Waals surface area contributed by atoms with E-state index in [-0.39, 0.29) is 0 Å². The van der Waals surface area contributed by atoms with E-state index >= 15 is 0 Å². The van der Waals surface area contributed by atoms with Crippen molar-refractivity contribution in [3.8, 4) is 0 Å². The van der Waals surface area contributed by atoms with Gasteiger partial charge in [-0.2, -0.15) is 0 Å². The van der Waals surface area contributed by atoms with E-state index in [1.54, 1.807) is 18.2 Å². The summed E-state index contributed by atoms with van der Waals surface area (Å²) < 4.78 is 17.9. The molecular formula is C12H8ClFN4O. The predicted molar refractivity (Wildman–Crippen MR) is 70.9 cm³/mol. The maximum atomic E-state index is 13.3. The average Bonchev–Trinajstić information content (AvgIpc) is 2.81. The quantitative estimate of drug-likeness (QED) is 0.703. The molecule has 0 atom stereocenters. The third-order valence-electron chi connectivity index (χ3n) is 2.59. The van der Waals surface area contributed by atoms with Gasteiger partial charge in [0.05, 0.1) is 11.4 Å². The Balaban J connectivity index is 2.06. The molecule has 0 bridgehead atoms. The number of aromatic nitrogens is 2. The molecule has 0 saturated carbocycles. The molecule has 0 fully saturated rings. The lowest BCUT2D eigenvalue weighted by Gasteiger charge is -2.07. The largest absolute Gasteiger partial charge is 0.397 e. The summed E-state index contributed by atoms with van der Waals surface area (Å²) in [7, 11) is 0. The Morgan fingerprint density at radius 1 is 1.16 bits per heavy atom. The number of nitrogens with one attached hydrogen (secondary N) is 1. The van der Waals surface area contributed by atoms with Gasteiger partial charge in [-0.3, -0.25) is 0 Å². The third kappa shape index (κ3) is 2.17. The lowest BCUT2D eigenvalue weighted by Crippen LogP contribution is -1.94. The highest BCUT2D eigenvalue weighted by molar-refractivity contribution is 6.30. The van der Waals surface area contributed by atoms with Crippen LogP contribution in [0.25, 0.3) is 11.0 Å². The van der Waals surface area contributed by atoms with E-state index < -0.39 is 5.82 Å². The van der Waals surface area contributed by atoms with Crippen LogP contribution in [-0.2, 0) is 0 Å². The molecule has 0 saturated heterocycles. The maximum absolute atomic E-state index is 13.3. The number of fused-ring (bicyclic) bond motifs is 1. The number of nitrogen functional groups attached to an aromatic ring is 1. The van der Waals surface area contributed by atoms with Gasteiger partial charge in [0.15, 0.2) is 11.0 Å². The highest BCUT2D eigenvalue weighted by Gasteiger charge is 2.10. The molecule has 1 aromatic heterocycles. The summed E-state index contributed by atoms with van der Waals surface area (Å²) in [5.74, 6) is -0.431. The molecule has 0 unspecified atom stereocenters. The zero-order chi connectivity index (χ0) is 13.4. The molecule has 0 aliphatic rings. The minimum atomic E-state index is -0.431. The number of benzene rings is 2. The highest BCUT2D eigenvalue weighted by atomic mass is 35.5. The summed E-state index contributed by atoms with van der Waals surface area (Å²) in [6.45, 7) is 0. The summed E-state index contributed by atoms with van der Waals surface area (Å²) in [5.41, 5.74) is 8.22. The molecule has 3 rings (SSSR count). The Labute approximate surface area is 112 Å². The third-order valence-corrected chi connectivity index (χ3v) is 2.81. The van der Waals surface area contributed by atoms with Crippen LogP contribution >= 0.6 is 11.6 Å². The first kappa shape index (κ1) is 11.7. The smallest absolute Gasteiger partial charge is 0.160 e. The second-order valence-corrected chi connectivity index (χ2v) is 4.38. The van der Waals surface area contributed by atoms with Crippen molar-refractivity contribution in [2.75, 3.05) is 11.1 Å². The number of hydrogen-bond acceptors (Lipinski definition) is 5. The number of nitrogens with zero attached hydrogens (tertiary/aromatic N) is 2. The van der Waals surface area contributed by atoms with Gasteiger partial charge in [-0.15, -0.1) is 0 Å². The van der Waals surface area contributed by atoms with Crippen LogP contribution in [0.15, 0.2) is 35.0 Å².